The maximum Gasteiger partial charge on any atom is 0.222 e. The van der Waals surface area contributed by atoms with E-state index in [1.165, 1.54) is 0 Å². The normalized spacial score (nSPS) is 21.6. The van der Waals surface area contributed by atoms with Gasteiger partial charge >= 0.3 is 0 Å². The van der Waals surface area contributed by atoms with Gasteiger partial charge in [-0.1, -0.05) is 0 Å². The summed E-state index contributed by atoms with van der Waals surface area (Å²) in [5.41, 5.74) is 6.73. The van der Waals surface area contributed by atoms with Crippen LogP contribution in [0.2, 0.25) is 0 Å². The minimum Gasteiger partial charge on any atom is -0.379 e. The molecule has 0 spiro atoms. The summed E-state index contributed by atoms with van der Waals surface area (Å²) >= 11 is 0. The molecular weight excluding hydrogens is 344 g/mol. The molecule has 4 heterocycles. The van der Waals surface area contributed by atoms with Crippen molar-refractivity contribution in [2.75, 3.05) is 50.0 Å². The van der Waals surface area contributed by atoms with Gasteiger partial charge in [-0.2, -0.15) is 4.98 Å². The minimum atomic E-state index is 0.332. The van der Waals surface area contributed by atoms with E-state index in [0.29, 0.717) is 11.9 Å². The highest BCUT2D eigenvalue weighted by Gasteiger charge is 2.27. The van der Waals surface area contributed by atoms with Crippen molar-refractivity contribution in [1.29, 1.82) is 0 Å². The molecule has 2 saturated heterocycles. The average molecular weight is 372 g/mol. The number of ether oxygens (including phenoxy) is 1. The third-order valence-electron chi connectivity index (χ3n) is 5.44. The van der Waals surface area contributed by atoms with E-state index in [1.807, 2.05) is 13.0 Å². The predicted molar refractivity (Wildman–Crippen MR) is 102 cm³/mol. The number of aromatic nitrogens is 5. The molecule has 1 atom stereocenters. The van der Waals surface area contributed by atoms with E-state index < -0.39 is 0 Å². The van der Waals surface area contributed by atoms with Crippen LogP contribution in [0.15, 0.2) is 6.07 Å². The zero-order valence-electron chi connectivity index (χ0n) is 16.1. The molecule has 0 aromatic carbocycles. The molecule has 0 aliphatic carbocycles. The van der Waals surface area contributed by atoms with Crippen molar-refractivity contribution < 1.29 is 4.74 Å². The Kier molecular flexibility index (Phi) is 5.22. The molecule has 9 heteroatoms. The highest BCUT2D eigenvalue weighted by Crippen LogP contribution is 2.29. The van der Waals surface area contributed by atoms with Crippen molar-refractivity contribution in [1.82, 2.24) is 29.6 Å². The van der Waals surface area contributed by atoms with Crippen LogP contribution >= 0.6 is 0 Å². The molecule has 0 bridgehead atoms. The molecular formula is C18H28N8O. The van der Waals surface area contributed by atoms with Gasteiger partial charge in [-0.05, 0) is 19.8 Å². The number of piperidine rings is 1. The molecule has 0 unspecified atom stereocenters. The van der Waals surface area contributed by atoms with Gasteiger partial charge in [0.05, 0.1) is 19.8 Å². The summed E-state index contributed by atoms with van der Waals surface area (Å²) in [6, 6.07) is 2.00. The van der Waals surface area contributed by atoms with E-state index >= 15 is 0 Å². The van der Waals surface area contributed by atoms with E-state index in [1.54, 1.807) is 0 Å². The van der Waals surface area contributed by atoms with Gasteiger partial charge in [0.1, 0.15) is 17.5 Å². The van der Waals surface area contributed by atoms with Crippen molar-refractivity contribution in [3.63, 3.8) is 0 Å². The smallest absolute Gasteiger partial charge is 0.222 e. The van der Waals surface area contributed by atoms with Gasteiger partial charge in [-0.3, -0.25) is 4.90 Å². The lowest BCUT2D eigenvalue weighted by atomic mass is 9.97. The number of aryl methyl sites for hydroxylation is 1. The molecule has 2 N–H and O–H groups in total. The highest BCUT2D eigenvalue weighted by molar-refractivity contribution is 5.44. The molecule has 4 rings (SSSR count). The zero-order valence-corrected chi connectivity index (χ0v) is 16.1. The van der Waals surface area contributed by atoms with Crippen LogP contribution in [0.1, 0.15) is 36.1 Å². The summed E-state index contributed by atoms with van der Waals surface area (Å²) in [6.45, 7) is 8.12. The monoisotopic (exact) mass is 372 g/mol. The molecule has 146 valence electrons. The first-order valence-electron chi connectivity index (χ1n) is 9.64. The average Bonchev–Trinajstić information content (AvgIpc) is 3.02. The number of anilines is 2. The van der Waals surface area contributed by atoms with Gasteiger partial charge < -0.3 is 19.9 Å². The molecule has 2 fully saturated rings. The van der Waals surface area contributed by atoms with Crippen LogP contribution < -0.4 is 10.6 Å². The van der Waals surface area contributed by atoms with E-state index in [9.17, 15) is 0 Å². The fourth-order valence-corrected chi connectivity index (χ4v) is 3.96. The number of hydrogen-bond donors (Lipinski definition) is 1. The molecule has 2 aliphatic rings. The van der Waals surface area contributed by atoms with E-state index in [-0.39, 0.29) is 0 Å². The standard InChI is InChI=1S/C18H28N8O/c1-13-10-15(21-18(19)20-13)26-5-3-4-14(11-26)17-23-22-16(24(17)2)12-25-6-8-27-9-7-25/h10,14H,3-9,11-12H2,1-2H3,(H2,19,20,21)/t14-/m0/s1. The molecule has 2 aliphatic heterocycles. The van der Waals surface area contributed by atoms with E-state index in [0.717, 1.165) is 81.9 Å². The number of nitrogens with zero attached hydrogens (tertiary/aromatic N) is 7. The van der Waals surface area contributed by atoms with Gasteiger partial charge in [-0.25, -0.2) is 4.98 Å². The predicted octanol–water partition coefficient (Wildman–Crippen LogP) is 0.712. The van der Waals surface area contributed by atoms with Crippen LogP contribution in [0.5, 0.6) is 0 Å². The fourth-order valence-electron chi connectivity index (χ4n) is 3.96. The van der Waals surface area contributed by atoms with Crippen molar-refractivity contribution in [2.45, 2.75) is 32.2 Å². The summed E-state index contributed by atoms with van der Waals surface area (Å²) in [7, 11) is 2.08. The Labute approximate surface area is 159 Å². The second kappa shape index (κ2) is 7.77. The molecule has 27 heavy (non-hydrogen) atoms. The molecule has 2 aromatic heterocycles. The minimum absolute atomic E-state index is 0.332. The first kappa shape index (κ1) is 18.1. The Morgan fingerprint density at radius 3 is 2.78 bits per heavy atom. The lowest BCUT2D eigenvalue weighted by Crippen LogP contribution is -2.37. The van der Waals surface area contributed by atoms with Crippen molar-refractivity contribution in [3.8, 4) is 0 Å². The van der Waals surface area contributed by atoms with Crippen LogP contribution in [0, 0.1) is 6.92 Å². The summed E-state index contributed by atoms with van der Waals surface area (Å²) in [5, 5.41) is 9.02. The van der Waals surface area contributed by atoms with Gasteiger partial charge in [0.2, 0.25) is 5.95 Å². The third-order valence-corrected chi connectivity index (χ3v) is 5.44. The van der Waals surface area contributed by atoms with Crippen LogP contribution in [-0.2, 0) is 18.3 Å². The van der Waals surface area contributed by atoms with Gasteiger partial charge in [0.25, 0.3) is 0 Å². The van der Waals surface area contributed by atoms with E-state index in [4.69, 9.17) is 10.5 Å². The lowest BCUT2D eigenvalue weighted by Gasteiger charge is -2.33. The Bertz CT molecular complexity index is 765. The number of hydrogen-bond acceptors (Lipinski definition) is 8. The maximum absolute atomic E-state index is 5.84. The van der Waals surface area contributed by atoms with Gasteiger partial charge in [0, 0.05) is 50.9 Å². The second-order valence-electron chi connectivity index (χ2n) is 7.43. The largest absolute Gasteiger partial charge is 0.379 e. The van der Waals surface area contributed by atoms with Crippen LogP contribution in [0.3, 0.4) is 0 Å². The lowest BCUT2D eigenvalue weighted by molar-refractivity contribution is 0.0326. The van der Waals surface area contributed by atoms with Gasteiger partial charge in [0.15, 0.2) is 0 Å². The number of rotatable bonds is 4. The Morgan fingerprint density at radius 2 is 2.00 bits per heavy atom. The Morgan fingerprint density at radius 1 is 1.19 bits per heavy atom. The second-order valence-corrected chi connectivity index (χ2v) is 7.43. The molecule has 2 aromatic rings. The SMILES string of the molecule is Cc1cc(N2CCC[C@H](c3nnc(CN4CCOCC4)n3C)C2)nc(N)n1. The summed E-state index contributed by atoms with van der Waals surface area (Å²) < 4.78 is 7.60. The molecule has 0 radical (unpaired) electrons. The molecule has 9 nitrogen and oxygen atoms in total. The quantitative estimate of drug-likeness (QED) is 0.838. The number of morpholine rings is 1. The third kappa shape index (κ3) is 4.03. The Hall–Kier alpha value is -2.26. The first-order chi connectivity index (χ1) is 13.1. The Balaban J connectivity index is 1.48. The summed E-state index contributed by atoms with van der Waals surface area (Å²) in [4.78, 5) is 13.3. The fraction of sp³-hybridized carbons (Fsp3) is 0.667. The van der Waals surface area contributed by atoms with Crippen molar-refractivity contribution in [2.24, 2.45) is 7.05 Å². The van der Waals surface area contributed by atoms with Gasteiger partial charge in [-0.15, -0.1) is 10.2 Å². The zero-order chi connectivity index (χ0) is 18.8. The van der Waals surface area contributed by atoms with Crippen molar-refractivity contribution in [3.05, 3.63) is 23.4 Å². The number of nitrogen functional groups attached to an aromatic ring is 1. The summed E-state index contributed by atoms with van der Waals surface area (Å²) in [5.74, 6) is 3.65. The number of nitrogens with two attached hydrogens (primary N) is 1. The molecule has 0 saturated carbocycles. The topological polar surface area (TPSA) is 98.2 Å². The maximum atomic E-state index is 5.84. The summed E-state index contributed by atoms with van der Waals surface area (Å²) in [6.07, 6.45) is 2.21. The van der Waals surface area contributed by atoms with Crippen molar-refractivity contribution >= 4 is 11.8 Å². The van der Waals surface area contributed by atoms with E-state index in [2.05, 4.69) is 41.6 Å². The molecule has 0 amide bonds. The highest BCUT2D eigenvalue weighted by atomic mass is 16.5. The first-order valence-corrected chi connectivity index (χ1v) is 9.64. The van der Waals surface area contributed by atoms with Crippen LogP contribution in [-0.4, -0.2) is 69.0 Å². The van der Waals surface area contributed by atoms with Crippen LogP contribution in [0.4, 0.5) is 11.8 Å². The van der Waals surface area contributed by atoms with Crippen LogP contribution in [0.25, 0.3) is 0 Å².